The summed E-state index contributed by atoms with van der Waals surface area (Å²) < 4.78 is 28.3. The fourth-order valence-electron chi connectivity index (χ4n) is 2.89. The number of hydrogen-bond acceptors (Lipinski definition) is 2. The molecule has 0 N–H and O–H groups in total. The average molecular weight is 353 g/mol. The fourth-order valence-corrected chi connectivity index (χ4v) is 4.70. The molecule has 0 spiro atoms. The van der Waals surface area contributed by atoms with Crippen molar-refractivity contribution in [2.75, 3.05) is 0 Å². The van der Waals surface area contributed by atoms with Crippen molar-refractivity contribution in [1.29, 1.82) is 0 Å². The van der Waals surface area contributed by atoms with Crippen LogP contribution in [0.15, 0.2) is 77.7 Å². The van der Waals surface area contributed by atoms with Gasteiger partial charge in [-0.3, -0.25) is 0 Å². The zero-order valence-corrected chi connectivity index (χ0v) is 15.6. The van der Waals surface area contributed by atoms with E-state index in [4.69, 9.17) is 0 Å². The van der Waals surface area contributed by atoms with E-state index in [0.717, 1.165) is 16.3 Å². The van der Waals surface area contributed by atoms with Crippen LogP contribution in [0, 0.1) is 0 Å². The second-order valence-electron chi connectivity index (χ2n) is 7.18. The Morgan fingerprint density at radius 2 is 1.40 bits per heavy atom. The Morgan fingerprint density at radius 3 is 2.04 bits per heavy atom. The SMILES string of the molecule is CC(C)(C)N(Cc1ccccc1)S(=O)(=O)c1ccc2ccccc2c1. The third-order valence-electron chi connectivity index (χ3n) is 4.23. The molecule has 0 aliphatic heterocycles. The average Bonchev–Trinajstić information content (AvgIpc) is 2.59. The molecule has 0 aliphatic rings. The van der Waals surface area contributed by atoms with Crippen LogP contribution in [0.4, 0.5) is 0 Å². The number of hydrogen-bond donors (Lipinski definition) is 0. The Kier molecular flexibility index (Phi) is 4.67. The Bertz CT molecular complexity index is 973. The van der Waals surface area contributed by atoms with Crippen molar-refractivity contribution in [2.45, 2.75) is 37.8 Å². The zero-order valence-electron chi connectivity index (χ0n) is 14.8. The van der Waals surface area contributed by atoms with Gasteiger partial charge in [-0.1, -0.05) is 60.7 Å². The second kappa shape index (κ2) is 6.62. The maximum Gasteiger partial charge on any atom is 0.243 e. The zero-order chi connectivity index (χ0) is 18.1. The summed E-state index contributed by atoms with van der Waals surface area (Å²) in [4.78, 5) is 0.331. The van der Waals surface area contributed by atoms with Crippen molar-refractivity contribution in [3.05, 3.63) is 78.4 Å². The first-order valence-electron chi connectivity index (χ1n) is 8.34. The highest BCUT2D eigenvalue weighted by molar-refractivity contribution is 7.89. The number of sulfonamides is 1. The van der Waals surface area contributed by atoms with Gasteiger partial charge in [0, 0.05) is 12.1 Å². The van der Waals surface area contributed by atoms with Gasteiger partial charge in [0.15, 0.2) is 0 Å². The number of nitrogens with zero attached hydrogens (tertiary/aromatic N) is 1. The van der Waals surface area contributed by atoms with Gasteiger partial charge < -0.3 is 0 Å². The first kappa shape index (κ1) is 17.6. The maximum atomic E-state index is 13.4. The summed E-state index contributed by atoms with van der Waals surface area (Å²) in [6.45, 7) is 6.12. The molecule has 0 saturated carbocycles. The first-order chi connectivity index (χ1) is 11.8. The minimum absolute atomic E-state index is 0.331. The molecular formula is C21H23NO2S. The molecule has 4 heteroatoms. The predicted molar refractivity (Wildman–Crippen MR) is 103 cm³/mol. The summed E-state index contributed by atoms with van der Waals surface area (Å²) in [5, 5.41) is 1.96. The van der Waals surface area contributed by atoms with Crippen LogP contribution in [-0.2, 0) is 16.6 Å². The molecule has 0 heterocycles. The highest BCUT2D eigenvalue weighted by Gasteiger charge is 2.34. The predicted octanol–water partition coefficient (Wildman–Crippen LogP) is 4.83. The normalized spacial score (nSPS) is 12.6. The third-order valence-corrected chi connectivity index (χ3v) is 6.33. The van der Waals surface area contributed by atoms with Crippen LogP contribution in [0.2, 0.25) is 0 Å². The molecule has 0 unspecified atom stereocenters. The fraction of sp³-hybridized carbons (Fsp3) is 0.238. The van der Waals surface area contributed by atoms with E-state index in [-0.39, 0.29) is 0 Å². The molecular weight excluding hydrogens is 330 g/mol. The van der Waals surface area contributed by atoms with E-state index < -0.39 is 15.6 Å². The van der Waals surface area contributed by atoms with E-state index >= 15 is 0 Å². The van der Waals surface area contributed by atoms with Gasteiger partial charge in [-0.2, -0.15) is 4.31 Å². The summed E-state index contributed by atoms with van der Waals surface area (Å²) in [7, 11) is -3.62. The van der Waals surface area contributed by atoms with Gasteiger partial charge in [-0.25, -0.2) is 8.42 Å². The standard InChI is InChI=1S/C21H23NO2S/c1-21(2,3)22(16-17-9-5-4-6-10-17)25(23,24)20-14-13-18-11-7-8-12-19(18)15-20/h4-15H,16H2,1-3H3. The summed E-state index contributed by atoms with van der Waals surface area (Å²) in [6, 6.07) is 22.8. The molecule has 0 bridgehead atoms. The molecule has 0 fully saturated rings. The van der Waals surface area contributed by atoms with E-state index in [1.54, 1.807) is 16.4 Å². The second-order valence-corrected chi connectivity index (χ2v) is 9.04. The topological polar surface area (TPSA) is 37.4 Å². The summed E-state index contributed by atoms with van der Waals surface area (Å²) >= 11 is 0. The van der Waals surface area contributed by atoms with E-state index in [1.807, 2.05) is 81.4 Å². The summed E-state index contributed by atoms with van der Waals surface area (Å²) in [5.41, 5.74) is 0.446. The van der Waals surface area contributed by atoms with Crippen LogP contribution in [0.1, 0.15) is 26.3 Å². The summed E-state index contributed by atoms with van der Waals surface area (Å²) in [5.74, 6) is 0. The van der Waals surface area contributed by atoms with Gasteiger partial charge >= 0.3 is 0 Å². The minimum atomic E-state index is -3.62. The summed E-state index contributed by atoms with van der Waals surface area (Å²) in [6.07, 6.45) is 0. The molecule has 3 aromatic carbocycles. The Morgan fingerprint density at radius 1 is 0.800 bits per heavy atom. The van der Waals surface area contributed by atoms with Gasteiger partial charge in [0.2, 0.25) is 10.0 Å². The van der Waals surface area contributed by atoms with Crippen LogP contribution < -0.4 is 0 Å². The lowest BCUT2D eigenvalue weighted by Crippen LogP contribution is -2.44. The van der Waals surface area contributed by atoms with Crippen molar-refractivity contribution in [2.24, 2.45) is 0 Å². The molecule has 0 atom stereocenters. The van der Waals surface area contributed by atoms with Gasteiger partial charge in [0.25, 0.3) is 0 Å². The first-order valence-corrected chi connectivity index (χ1v) is 9.78. The van der Waals surface area contributed by atoms with Gasteiger partial charge in [-0.15, -0.1) is 0 Å². The highest BCUT2D eigenvalue weighted by atomic mass is 32.2. The smallest absolute Gasteiger partial charge is 0.207 e. The van der Waals surface area contributed by atoms with E-state index in [9.17, 15) is 8.42 Å². The molecule has 3 aromatic rings. The molecule has 0 saturated heterocycles. The van der Waals surface area contributed by atoms with Crippen molar-refractivity contribution >= 4 is 20.8 Å². The maximum absolute atomic E-state index is 13.4. The lowest BCUT2D eigenvalue weighted by molar-refractivity contribution is 0.242. The van der Waals surface area contributed by atoms with Crippen molar-refractivity contribution < 1.29 is 8.42 Å². The minimum Gasteiger partial charge on any atom is -0.207 e. The van der Waals surface area contributed by atoms with E-state index in [0.29, 0.717) is 11.4 Å². The van der Waals surface area contributed by atoms with Crippen LogP contribution in [0.25, 0.3) is 10.8 Å². The van der Waals surface area contributed by atoms with Crippen LogP contribution in [0.3, 0.4) is 0 Å². The van der Waals surface area contributed by atoms with Crippen LogP contribution in [-0.4, -0.2) is 18.3 Å². The highest BCUT2D eigenvalue weighted by Crippen LogP contribution is 2.28. The van der Waals surface area contributed by atoms with Crippen LogP contribution >= 0.6 is 0 Å². The quantitative estimate of drug-likeness (QED) is 0.674. The van der Waals surface area contributed by atoms with E-state index in [1.165, 1.54) is 0 Å². The molecule has 3 rings (SSSR count). The lowest BCUT2D eigenvalue weighted by Gasteiger charge is -2.34. The van der Waals surface area contributed by atoms with Gasteiger partial charge in [0.1, 0.15) is 0 Å². The Labute approximate surface area is 150 Å². The molecule has 0 aliphatic carbocycles. The van der Waals surface area contributed by atoms with E-state index in [2.05, 4.69) is 0 Å². The van der Waals surface area contributed by atoms with Crippen molar-refractivity contribution in [3.8, 4) is 0 Å². The number of rotatable bonds is 4. The number of fused-ring (bicyclic) bond motifs is 1. The Hall–Kier alpha value is -2.17. The van der Waals surface area contributed by atoms with Crippen molar-refractivity contribution in [1.82, 2.24) is 4.31 Å². The Balaban J connectivity index is 2.06. The largest absolute Gasteiger partial charge is 0.243 e. The molecule has 0 aromatic heterocycles. The van der Waals surface area contributed by atoms with Gasteiger partial charge in [0.05, 0.1) is 4.90 Å². The monoisotopic (exact) mass is 353 g/mol. The van der Waals surface area contributed by atoms with Crippen molar-refractivity contribution in [3.63, 3.8) is 0 Å². The third kappa shape index (κ3) is 3.75. The lowest BCUT2D eigenvalue weighted by atomic mass is 10.1. The number of benzene rings is 3. The molecule has 130 valence electrons. The van der Waals surface area contributed by atoms with Gasteiger partial charge in [-0.05, 0) is 49.2 Å². The molecule has 3 nitrogen and oxygen atoms in total. The molecule has 0 radical (unpaired) electrons. The molecule has 25 heavy (non-hydrogen) atoms. The van der Waals surface area contributed by atoms with Crippen LogP contribution in [0.5, 0.6) is 0 Å². The molecule has 0 amide bonds.